The molecule has 1 N–H and O–H groups in total. The summed E-state index contributed by atoms with van der Waals surface area (Å²) in [5.41, 5.74) is 0. The predicted molar refractivity (Wildman–Crippen MR) is 60.0 cm³/mol. The normalized spacial score (nSPS) is 23.1. The van der Waals surface area contributed by atoms with Crippen LogP contribution in [0.2, 0.25) is 0 Å². The van der Waals surface area contributed by atoms with E-state index < -0.39 is 0 Å². The van der Waals surface area contributed by atoms with Crippen LogP contribution in [0.25, 0.3) is 0 Å². The Hall–Kier alpha value is -0.610. The Bertz CT molecular complexity index is 341. The van der Waals surface area contributed by atoms with Crippen LogP contribution in [0.4, 0.5) is 0 Å². The van der Waals surface area contributed by atoms with Crippen molar-refractivity contribution in [1.29, 1.82) is 0 Å². The Morgan fingerprint density at radius 2 is 2.50 bits per heavy atom. The molecule has 0 aromatic carbocycles. The number of likely N-dealkylation sites (tertiary alicyclic amines) is 1. The molecule has 0 bridgehead atoms. The number of H-pyrrole nitrogens is 1. The van der Waals surface area contributed by atoms with Crippen molar-refractivity contribution in [3.05, 3.63) is 17.2 Å². The van der Waals surface area contributed by atoms with Crippen molar-refractivity contribution in [2.45, 2.75) is 25.8 Å². The van der Waals surface area contributed by atoms with Gasteiger partial charge in [0.05, 0.1) is 0 Å². The standard InChI is InChI=1S/C10H17N3S/c1-2-5-12-6-3-9(8-12)13-7-4-11-10(13)14/h4,7,9H,2-3,5-6,8H2,1H3,(H,11,14). The van der Waals surface area contributed by atoms with E-state index in [2.05, 4.69) is 27.6 Å². The van der Waals surface area contributed by atoms with Gasteiger partial charge in [0.25, 0.3) is 0 Å². The van der Waals surface area contributed by atoms with Crippen LogP contribution in [0.3, 0.4) is 0 Å². The number of aromatic amines is 1. The lowest BCUT2D eigenvalue weighted by molar-refractivity contribution is 0.324. The third kappa shape index (κ3) is 1.91. The minimum atomic E-state index is 0.584. The molecule has 0 aliphatic carbocycles. The molecule has 14 heavy (non-hydrogen) atoms. The molecule has 1 fully saturated rings. The summed E-state index contributed by atoms with van der Waals surface area (Å²) in [4.78, 5) is 5.56. The van der Waals surface area contributed by atoms with Gasteiger partial charge in [0.15, 0.2) is 4.77 Å². The van der Waals surface area contributed by atoms with Gasteiger partial charge in [0.1, 0.15) is 0 Å². The van der Waals surface area contributed by atoms with Gasteiger partial charge in [-0.25, -0.2) is 0 Å². The van der Waals surface area contributed by atoms with Crippen molar-refractivity contribution < 1.29 is 0 Å². The number of hydrogen-bond donors (Lipinski definition) is 1. The van der Waals surface area contributed by atoms with Crippen molar-refractivity contribution >= 4 is 12.2 Å². The third-order valence-electron chi connectivity index (χ3n) is 2.86. The summed E-state index contributed by atoms with van der Waals surface area (Å²) in [5.74, 6) is 0. The number of rotatable bonds is 3. The Morgan fingerprint density at radius 1 is 1.64 bits per heavy atom. The van der Waals surface area contributed by atoms with Gasteiger partial charge in [-0.3, -0.25) is 0 Å². The van der Waals surface area contributed by atoms with Crippen molar-refractivity contribution in [2.24, 2.45) is 0 Å². The molecule has 0 amide bonds. The second-order valence-corrected chi connectivity index (χ2v) is 4.30. The highest BCUT2D eigenvalue weighted by molar-refractivity contribution is 7.71. The van der Waals surface area contributed by atoms with E-state index in [1.54, 1.807) is 0 Å². The molecule has 1 aliphatic rings. The van der Waals surface area contributed by atoms with Gasteiger partial charge in [-0.2, -0.15) is 0 Å². The molecule has 0 radical (unpaired) electrons. The fraction of sp³-hybridized carbons (Fsp3) is 0.700. The topological polar surface area (TPSA) is 24.0 Å². The molecule has 4 heteroatoms. The van der Waals surface area contributed by atoms with Gasteiger partial charge in [-0.05, 0) is 31.6 Å². The molecule has 1 aromatic rings. The fourth-order valence-electron chi connectivity index (χ4n) is 2.18. The summed E-state index contributed by atoms with van der Waals surface area (Å²) in [6.07, 6.45) is 6.45. The van der Waals surface area contributed by atoms with Gasteiger partial charge in [-0.1, -0.05) is 6.92 Å². The molecule has 1 saturated heterocycles. The number of nitrogens with zero attached hydrogens (tertiary/aromatic N) is 2. The SMILES string of the molecule is CCCN1CCC(n2cc[nH]c2=S)C1. The molecule has 1 atom stereocenters. The summed E-state index contributed by atoms with van der Waals surface area (Å²) < 4.78 is 3.04. The predicted octanol–water partition coefficient (Wildman–Crippen LogP) is 2.20. The van der Waals surface area contributed by atoms with E-state index in [-0.39, 0.29) is 0 Å². The molecule has 3 nitrogen and oxygen atoms in total. The molecule has 1 aliphatic heterocycles. The molecule has 2 rings (SSSR count). The second kappa shape index (κ2) is 4.28. The smallest absolute Gasteiger partial charge is 0.177 e. The van der Waals surface area contributed by atoms with Crippen molar-refractivity contribution in [3.8, 4) is 0 Å². The van der Waals surface area contributed by atoms with Gasteiger partial charge < -0.3 is 14.5 Å². The van der Waals surface area contributed by atoms with Crippen LogP contribution in [-0.4, -0.2) is 34.1 Å². The van der Waals surface area contributed by atoms with E-state index in [1.807, 2.05) is 6.20 Å². The Labute approximate surface area is 89.7 Å². The first kappa shape index (κ1) is 9.93. The minimum absolute atomic E-state index is 0.584. The Balaban J connectivity index is 2.02. The zero-order chi connectivity index (χ0) is 9.97. The van der Waals surface area contributed by atoms with Gasteiger partial charge in [0.2, 0.25) is 0 Å². The van der Waals surface area contributed by atoms with Crippen molar-refractivity contribution in [2.75, 3.05) is 19.6 Å². The highest BCUT2D eigenvalue weighted by Gasteiger charge is 2.22. The first-order valence-electron chi connectivity index (χ1n) is 5.29. The molecular weight excluding hydrogens is 194 g/mol. The maximum Gasteiger partial charge on any atom is 0.177 e. The summed E-state index contributed by atoms with van der Waals surface area (Å²) in [5, 5.41) is 0. The van der Waals surface area contributed by atoms with Crippen molar-refractivity contribution in [1.82, 2.24) is 14.5 Å². The summed E-state index contributed by atoms with van der Waals surface area (Å²) in [6, 6.07) is 0.584. The average molecular weight is 211 g/mol. The molecular formula is C10H17N3S. The van der Waals surface area contributed by atoms with E-state index in [0.29, 0.717) is 6.04 Å². The van der Waals surface area contributed by atoms with Gasteiger partial charge in [-0.15, -0.1) is 0 Å². The van der Waals surface area contributed by atoms with E-state index in [4.69, 9.17) is 12.2 Å². The lowest BCUT2D eigenvalue weighted by Crippen LogP contribution is -2.22. The fourth-order valence-corrected chi connectivity index (χ4v) is 2.46. The monoisotopic (exact) mass is 211 g/mol. The number of nitrogens with one attached hydrogen (secondary N) is 1. The second-order valence-electron chi connectivity index (χ2n) is 3.92. The van der Waals surface area contributed by atoms with Crippen LogP contribution in [0, 0.1) is 4.77 Å². The highest BCUT2D eigenvalue weighted by Crippen LogP contribution is 2.21. The Morgan fingerprint density at radius 3 is 3.14 bits per heavy atom. The third-order valence-corrected chi connectivity index (χ3v) is 3.19. The van der Waals surface area contributed by atoms with E-state index >= 15 is 0 Å². The molecule has 0 saturated carbocycles. The van der Waals surface area contributed by atoms with Crippen LogP contribution >= 0.6 is 12.2 Å². The van der Waals surface area contributed by atoms with E-state index in [1.165, 1.54) is 25.9 Å². The maximum absolute atomic E-state index is 5.21. The largest absolute Gasteiger partial charge is 0.337 e. The lowest BCUT2D eigenvalue weighted by atomic mass is 10.3. The number of hydrogen-bond acceptors (Lipinski definition) is 2. The minimum Gasteiger partial charge on any atom is -0.337 e. The van der Waals surface area contributed by atoms with Crippen molar-refractivity contribution in [3.63, 3.8) is 0 Å². The zero-order valence-corrected chi connectivity index (χ0v) is 9.39. The summed E-state index contributed by atoms with van der Waals surface area (Å²) in [7, 11) is 0. The first-order valence-corrected chi connectivity index (χ1v) is 5.70. The van der Waals surface area contributed by atoms with Crippen LogP contribution in [0.1, 0.15) is 25.8 Å². The molecule has 1 aromatic heterocycles. The molecule has 1 unspecified atom stereocenters. The van der Waals surface area contributed by atoms with E-state index in [9.17, 15) is 0 Å². The quantitative estimate of drug-likeness (QED) is 0.775. The Kier molecular flexibility index (Phi) is 3.03. The first-order chi connectivity index (χ1) is 6.81. The molecule has 0 spiro atoms. The summed E-state index contributed by atoms with van der Waals surface area (Å²) in [6.45, 7) is 5.81. The van der Waals surface area contributed by atoms with E-state index in [0.717, 1.165) is 11.3 Å². The van der Waals surface area contributed by atoms with Gasteiger partial charge in [0, 0.05) is 31.5 Å². The molecule has 78 valence electrons. The van der Waals surface area contributed by atoms with Crippen LogP contribution < -0.4 is 0 Å². The van der Waals surface area contributed by atoms with Gasteiger partial charge >= 0.3 is 0 Å². The summed E-state index contributed by atoms with van der Waals surface area (Å²) >= 11 is 5.21. The molecule has 2 heterocycles. The number of imidazole rings is 1. The average Bonchev–Trinajstić information content (AvgIpc) is 2.74. The number of aromatic nitrogens is 2. The maximum atomic E-state index is 5.21. The van der Waals surface area contributed by atoms with Crippen LogP contribution in [0.15, 0.2) is 12.4 Å². The van der Waals surface area contributed by atoms with Crippen LogP contribution in [-0.2, 0) is 0 Å². The highest BCUT2D eigenvalue weighted by atomic mass is 32.1. The zero-order valence-electron chi connectivity index (χ0n) is 8.57. The lowest BCUT2D eigenvalue weighted by Gasteiger charge is -2.15. The van der Waals surface area contributed by atoms with Crippen LogP contribution in [0.5, 0.6) is 0 Å².